The van der Waals surface area contributed by atoms with E-state index in [0.29, 0.717) is 58.4 Å². The van der Waals surface area contributed by atoms with E-state index in [1.807, 2.05) is 6.07 Å². The Labute approximate surface area is 207 Å². The van der Waals surface area contributed by atoms with Gasteiger partial charge in [-0.1, -0.05) is 11.6 Å². The molecule has 3 aliphatic heterocycles. The number of aliphatic hydroxyl groups is 1. The first-order valence-corrected chi connectivity index (χ1v) is 12.5. The molecule has 0 spiro atoms. The number of aromatic nitrogens is 4. The highest BCUT2D eigenvalue weighted by Crippen LogP contribution is 2.37. The number of rotatable bonds is 5. The summed E-state index contributed by atoms with van der Waals surface area (Å²) in [4.78, 5) is 15.9. The molecular formula is C24H29ClFN7O2. The van der Waals surface area contributed by atoms with Gasteiger partial charge in [0.2, 0.25) is 11.9 Å². The summed E-state index contributed by atoms with van der Waals surface area (Å²) < 4.78 is 22.9. The lowest BCUT2D eigenvalue weighted by Gasteiger charge is -2.30. The average molecular weight is 502 g/mol. The number of aliphatic hydroxyl groups excluding tert-OH is 1. The number of fused-ring (bicyclic) bond motifs is 3. The molecule has 186 valence electrons. The van der Waals surface area contributed by atoms with Crippen LogP contribution < -0.4 is 15.5 Å². The molecule has 3 aromatic rings. The van der Waals surface area contributed by atoms with Crippen molar-refractivity contribution < 1.29 is 14.2 Å². The molecule has 9 nitrogen and oxygen atoms in total. The molecule has 0 saturated carbocycles. The van der Waals surface area contributed by atoms with Gasteiger partial charge in [-0.3, -0.25) is 0 Å². The minimum atomic E-state index is -0.657. The molecule has 5 heterocycles. The zero-order chi connectivity index (χ0) is 24.3. The molecule has 1 aromatic carbocycles. The maximum Gasteiger partial charge on any atom is 0.223 e. The van der Waals surface area contributed by atoms with Crippen molar-refractivity contribution in [2.45, 2.75) is 57.0 Å². The van der Waals surface area contributed by atoms with E-state index in [2.05, 4.69) is 43.9 Å². The van der Waals surface area contributed by atoms with Gasteiger partial charge in [-0.05, 0) is 38.8 Å². The first-order chi connectivity index (χ1) is 16.9. The summed E-state index contributed by atoms with van der Waals surface area (Å²) in [5.41, 5.74) is 2.04. The summed E-state index contributed by atoms with van der Waals surface area (Å²) in [6.07, 6.45) is 2.56. The molecule has 3 N–H and O–H groups in total. The third-order valence-corrected chi connectivity index (χ3v) is 7.49. The first-order valence-electron chi connectivity index (χ1n) is 12.2. The van der Waals surface area contributed by atoms with Crippen LogP contribution in [0.1, 0.15) is 32.7 Å². The largest absolute Gasteiger partial charge is 0.389 e. The minimum Gasteiger partial charge on any atom is -0.389 e. The van der Waals surface area contributed by atoms with E-state index in [0.717, 1.165) is 25.5 Å². The molecule has 11 heteroatoms. The Balaban J connectivity index is 1.40. The highest BCUT2D eigenvalue weighted by Gasteiger charge is 2.40. The van der Waals surface area contributed by atoms with Gasteiger partial charge in [0.25, 0.3) is 0 Å². The monoisotopic (exact) mass is 501 g/mol. The molecule has 0 aliphatic carbocycles. The van der Waals surface area contributed by atoms with Gasteiger partial charge in [-0.25, -0.2) is 19.3 Å². The van der Waals surface area contributed by atoms with Crippen LogP contribution in [-0.2, 0) is 4.74 Å². The van der Waals surface area contributed by atoms with Gasteiger partial charge >= 0.3 is 0 Å². The fourth-order valence-electron chi connectivity index (χ4n) is 5.49. The van der Waals surface area contributed by atoms with Crippen LogP contribution in [0, 0.1) is 5.82 Å². The SMILES string of the molecule is CC(C)n1c(N2C[C@H]3C[C@@H]2CN3)nc2c(F)cc(-c3nc(N[C@@H]4CCOC[C@H]4O)ncc3Cl)cc21. The van der Waals surface area contributed by atoms with Crippen molar-refractivity contribution in [3.8, 4) is 11.3 Å². The molecule has 2 aromatic heterocycles. The Morgan fingerprint density at radius 1 is 1.31 bits per heavy atom. The van der Waals surface area contributed by atoms with Crippen molar-refractivity contribution >= 4 is 34.5 Å². The van der Waals surface area contributed by atoms with E-state index in [4.69, 9.17) is 21.3 Å². The van der Waals surface area contributed by atoms with Crippen LogP contribution in [0.15, 0.2) is 18.3 Å². The van der Waals surface area contributed by atoms with Crippen LogP contribution in [0.2, 0.25) is 5.02 Å². The Hall–Kier alpha value is -2.53. The predicted molar refractivity (Wildman–Crippen MR) is 133 cm³/mol. The van der Waals surface area contributed by atoms with Gasteiger partial charge < -0.3 is 29.9 Å². The molecule has 3 fully saturated rings. The van der Waals surface area contributed by atoms with Crippen LogP contribution in [0.3, 0.4) is 0 Å². The van der Waals surface area contributed by atoms with Gasteiger partial charge in [0, 0.05) is 43.4 Å². The number of hydrogen-bond acceptors (Lipinski definition) is 8. The van der Waals surface area contributed by atoms with Gasteiger partial charge in [-0.15, -0.1) is 0 Å². The Kier molecular flexibility index (Phi) is 5.79. The van der Waals surface area contributed by atoms with E-state index in [9.17, 15) is 5.11 Å². The van der Waals surface area contributed by atoms with Crippen molar-refractivity contribution in [3.05, 3.63) is 29.2 Å². The zero-order valence-electron chi connectivity index (χ0n) is 19.7. The summed E-state index contributed by atoms with van der Waals surface area (Å²) >= 11 is 6.48. The summed E-state index contributed by atoms with van der Waals surface area (Å²) in [5.74, 6) is 0.726. The summed E-state index contributed by atoms with van der Waals surface area (Å²) in [7, 11) is 0. The normalized spacial score (nSPS) is 26.3. The smallest absolute Gasteiger partial charge is 0.223 e. The van der Waals surface area contributed by atoms with E-state index in [-0.39, 0.29) is 18.7 Å². The molecule has 2 bridgehead atoms. The molecule has 35 heavy (non-hydrogen) atoms. The molecule has 0 unspecified atom stereocenters. The number of halogens is 2. The van der Waals surface area contributed by atoms with Crippen LogP contribution >= 0.6 is 11.6 Å². The van der Waals surface area contributed by atoms with Gasteiger partial charge in [0.1, 0.15) is 5.52 Å². The van der Waals surface area contributed by atoms with Crippen molar-refractivity contribution in [1.29, 1.82) is 0 Å². The molecule has 3 saturated heterocycles. The van der Waals surface area contributed by atoms with Gasteiger partial charge in [-0.2, -0.15) is 0 Å². The second kappa shape index (κ2) is 8.85. The lowest BCUT2D eigenvalue weighted by Crippen LogP contribution is -2.44. The number of nitrogens with one attached hydrogen (secondary N) is 2. The van der Waals surface area contributed by atoms with Crippen molar-refractivity contribution in [2.24, 2.45) is 0 Å². The number of piperazine rings is 1. The predicted octanol–water partition coefficient (Wildman–Crippen LogP) is 2.98. The van der Waals surface area contributed by atoms with Crippen LogP contribution in [-0.4, -0.2) is 75.2 Å². The molecule has 0 radical (unpaired) electrons. The van der Waals surface area contributed by atoms with Gasteiger partial charge in [0.15, 0.2) is 5.82 Å². The molecule has 4 atom stereocenters. The molecular weight excluding hydrogens is 473 g/mol. The number of ether oxygens (including phenoxy) is 1. The lowest BCUT2D eigenvalue weighted by atomic mass is 10.1. The fourth-order valence-corrected chi connectivity index (χ4v) is 5.69. The minimum absolute atomic E-state index is 0.0878. The number of hydrogen-bond donors (Lipinski definition) is 3. The van der Waals surface area contributed by atoms with E-state index < -0.39 is 11.9 Å². The van der Waals surface area contributed by atoms with E-state index in [1.54, 1.807) is 0 Å². The van der Waals surface area contributed by atoms with E-state index >= 15 is 4.39 Å². The second-order valence-electron chi connectivity index (χ2n) is 9.92. The maximum absolute atomic E-state index is 15.5. The molecule has 3 aliphatic rings. The summed E-state index contributed by atoms with van der Waals surface area (Å²) in [5, 5.41) is 17.2. The number of nitrogens with zero attached hydrogens (tertiary/aromatic N) is 5. The maximum atomic E-state index is 15.5. The van der Waals surface area contributed by atoms with Crippen LogP contribution in [0.25, 0.3) is 22.3 Å². The average Bonchev–Trinajstić information content (AvgIpc) is 3.56. The fraction of sp³-hybridized carbons (Fsp3) is 0.542. The quantitative estimate of drug-likeness (QED) is 0.490. The Bertz CT molecular complexity index is 1270. The zero-order valence-corrected chi connectivity index (χ0v) is 20.5. The number of anilines is 2. The van der Waals surface area contributed by atoms with E-state index in [1.165, 1.54) is 12.3 Å². The number of imidazole rings is 1. The Morgan fingerprint density at radius 3 is 2.89 bits per heavy atom. The van der Waals surface area contributed by atoms with Crippen molar-refractivity contribution in [1.82, 2.24) is 24.8 Å². The first kappa shape index (κ1) is 22.9. The number of benzene rings is 1. The topological polar surface area (TPSA) is 100 Å². The van der Waals surface area contributed by atoms with Crippen molar-refractivity contribution in [2.75, 3.05) is 36.5 Å². The molecule has 0 amide bonds. The van der Waals surface area contributed by atoms with Crippen LogP contribution in [0.5, 0.6) is 0 Å². The van der Waals surface area contributed by atoms with Crippen LogP contribution in [0.4, 0.5) is 16.3 Å². The highest BCUT2D eigenvalue weighted by molar-refractivity contribution is 6.33. The van der Waals surface area contributed by atoms with Gasteiger partial charge in [0.05, 0.1) is 41.2 Å². The van der Waals surface area contributed by atoms with Crippen molar-refractivity contribution in [3.63, 3.8) is 0 Å². The summed E-state index contributed by atoms with van der Waals surface area (Å²) in [6.45, 7) is 6.78. The lowest BCUT2D eigenvalue weighted by molar-refractivity contribution is -0.0136. The Morgan fingerprint density at radius 2 is 2.17 bits per heavy atom. The highest BCUT2D eigenvalue weighted by atomic mass is 35.5. The second-order valence-corrected chi connectivity index (χ2v) is 10.3. The summed E-state index contributed by atoms with van der Waals surface area (Å²) in [6, 6.07) is 4.03. The third kappa shape index (κ3) is 4.02. The third-order valence-electron chi connectivity index (χ3n) is 7.22. The molecule has 6 rings (SSSR count). The standard InChI is InChI=1S/C24H29ClFN7O2/c1-12(2)33-19-6-13(5-17(26)22(19)31-24(33)32-10-14-7-15(32)8-27-14)21-16(25)9-28-23(30-21)29-18-3-4-35-11-20(18)34/h5-6,9,12,14-15,18,20,27,34H,3-4,7-8,10-11H2,1-2H3,(H,28,29,30)/t14-,15-,18-,20-/m1/s1.